The largest absolute Gasteiger partial charge is 0.378 e. The van der Waals surface area contributed by atoms with E-state index >= 15 is 0 Å². The summed E-state index contributed by atoms with van der Waals surface area (Å²) in [7, 11) is 4.02. The minimum absolute atomic E-state index is 0.482. The fraction of sp³-hybridized carbons (Fsp3) is 0.231. The van der Waals surface area contributed by atoms with E-state index in [9.17, 15) is 0 Å². The second kappa shape index (κ2) is 7.45. The van der Waals surface area contributed by atoms with Crippen molar-refractivity contribution in [1.29, 1.82) is 0 Å². The van der Waals surface area contributed by atoms with Gasteiger partial charge in [0.15, 0.2) is 5.11 Å². The van der Waals surface area contributed by atoms with Crippen molar-refractivity contribution in [3.05, 3.63) is 42.5 Å². The number of nitrogens with zero attached hydrogens (tertiary/aromatic N) is 2. The second-order valence-electron chi connectivity index (χ2n) is 3.85. The summed E-state index contributed by atoms with van der Waals surface area (Å²) in [6, 6.07) is 8.08. The van der Waals surface area contributed by atoms with Crippen LogP contribution >= 0.6 is 12.2 Å². The molecule has 0 bridgehead atoms. The number of hydrogen-bond acceptors (Lipinski definition) is 3. The lowest BCUT2D eigenvalue weighted by atomic mass is 10.2. The molecule has 1 rings (SSSR count). The molecule has 0 aromatic heterocycles. The zero-order valence-corrected chi connectivity index (χ0v) is 11.5. The predicted octanol–water partition coefficient (Wildman–Crippen LogP) is 1.74. The highest BCUT2D eigenvalue weighted by Crippen LogP contribution is 2.10. The number of nitrogens with one attached hydrogen (secondary N) is 2. The summed E-state index contributed by atoms with van der Waals surface area (Å²) in [5, 5.41) is 7.45. The third kappa shape index (κ3) is 4.97. The van der Waals surface area contributed by atoms with E-state index in [-0.39, 0.29) is 0 Å². The number of hydrogen-bond donors (Lipinski definition) is 2. The number of rotatable bonds is 5. The molecule has 0 radical (unpaired) electrons. The van der Waals surface area contributed by atoms with Gasteiger partial charge in [0, 0.05) is 26.3 Å². The molecule has 96 valence electrons. The molecule has 0 spiro atoms. The number of benzene rings is 1. The molecule has 0 heterocycles. The van der Waals surface area contributed by atoms with Crippen LogP contribution in [0.15, 0.2) is 42.0 Å². The first-order valence-electron chi connectivity index (χ1n) is 5.58. The topological polar surface area (TPSA) is 39.7 Å². The zero-order chi connectivity index (χ0) is 13.4. The highest BCUT2D eigenvalue weighted by atomic mass is 32.1. The highest BCUT2D eigenvalue weighted by Gasteiger charge is 1.94. The van der Waals surface area contributed by atoms with Gasteiger partial charge in [0.2, 0.25) is 0 Å². The molecule has 0 amide bonds. The van der Waals surface area contributed by atoms with Gasteiger partial charge in [-0.25, -0.2) is 0 Å². The van der Waals surface area contributed by atoms with Gasteiger partial charge in [-0.15, -0.1) is 6.58 Å². The molecule has 0 atom stereocenters. The Morgan fingerprint density at radius 3 is 2.61 bits per heavy atom. The molecule has 4 nitrogen and oxygen atoms in total. The van der Waals surface area contributed by atoms with Crippen molar-refractivity contribution >= 4 is 29.2 Å². The Kier molecular flexibility index (Phi) is 5.87. The molecule has 5 heteroatoms. The number of hydrazone groups is 1. The Labute approximate surface area is 113 Å². The van der Waals surface area contributed by atoms with Crippen LogP contribution in [0.25, 0.3) is 0 Å². The first-order chi connectivity index (χ1) is 8.63. The summed E-state index contributed by atoms with van der Waals surface area (Å²) in [5.41, 5.74) is 4.90. The molecule has 0 unspecified atom stereocenters. The first-order valence-corrected chi connectivity index (χ1v) is 5.99. The van der Waals surface area contributed by atoms with E-state index in [1.165, 1.54) is 0 Å². The van der Waals surface area contributed by atoms with Crippen LogP contribution < -0.4 is 15.6 Å². The predicted molar refractivity (Wildman–Crippen MR) is 82.3 cm³/mol. The maximum absolute atomic E-state index is 5.00. The van der Waals surface area contributed by atoms with E-state index in [4.69, 9.17) is 12.2 Å². The molecule has 0 aliphatic rings. The van der Waals surface area contributed by atoms with E-state index < -0.39 is 0 Å². The van der Waals surface area contributed by atoms with Crippen molar-refractivity contribution in [3.63, 3.8) is 0 Å². The van der Waals surface area contributed by atoms with Crippen molar-refractivity contribution in [2.45, 2.75) is 0 Å². The van der Waals surface area contributed by atoms with Gasteiger partial charge in [0.05, 0.1) is 6.21 Å². The van der Waals surface area contributed by atoms with Gasteiger partial charge in [-0.2, -0.15) is 5.10 Å². The van der Waals surface area contributed by atoms with E-state index in [1.54, 1.807) is 12.3 Å². The lowest BCUT2D eigenvalue weighted by Gasteiger charge is -2.11. The second-order valence-corrected chi connectivity index (χ2v) is 4.26. The van der Waals surface area contributed by atoms with Crippen LogP contribution in [0.3, 0.4) is 0 Å². The van der Waals surface area contributed by atoms with E-state index in [2.05, 4.69) is 22.4 Å². The Bertz CT molecular complexity index is 423. The summed E-state index contributed by atoms with van der Waals surface area (Å²) >= 11 is 5.00. The summed E-state index contributed by atoms with van der Waals surface area (Å²) in [4.78, 5) is 2.05. The molecule has 0 saturated carbocycles. The van der Waals surface area contributed by atoms with Gasteiger partial charge < -0.3 is 10.2 Å². The molecule has 2 N–H and O–H groups in total. The third-order valence-electron chi connectivity index (χ3n) is 2.20. The van der Waals surface area contributed by atoms with Crippen LogP contribution in [0.1, 0.15) is 5.56 Å². The molecule has 1 aromatic rings. The maximum atomic E-state index is 5.00. The third-order valence-corrected chi connectivity index (χ3v) is 2.43. The van der Waals surface area contributed by atoms with Gasteiger partial charge in [-0.05, 0) is 29.9 Å². The molecule has 0 aliphatic heterocycles. The lowest BCUT2D eigenvalue weighted by Crippen LogP contribution is -2.31. The van der Waals surface area contributed by atoms with Crippen LogP contribution in [-0.2, 0) is 0 Å². The summed E-state index contributed by atoms with van der Waals surface area (Å²) in [6.07, 6.45) is 3.46. The Balaban J connectivity index is 2.46. The normalized spacial score (nSPS) is 10.1. The highest BCUT2D eigenvalue weighted by molar-refractivity contribution is 7.80. The average molecular weight is 262 g/mol. The van der Waals surface area contributed by atoms with Crippen LogP contribution in [0.5, 0.6) is 0 Å². The minimum Gasteiger partial charge on any atom is -0.378 e. The van der Waals surface area contributed by atoms with Gasteiger partial charge in [0.25, 0.3) is 0 Å². The van der Waals surface area contributed by atoms with Gasteiger partial charge >= 0.3 is 0 Å². The summed E-state index contributed by atoms with van der Waals surface area (Å²) in [6.45, 7) is 4.21. The zero-order valence-electron chi connectivity index (χ0n) is 10.7. The Morgan fingerprint density at radius 2 is 2.06 bits per heavy atom. The first kappa shape index (κ1) is 14.2. The van der Waals surface area contributed by atoms with Crippen molar-refractivity contribution in [1.82, 2.24) is 10.7 Å². The summed E-state index contributed by atoms with van der Waals surface area (Å²) in [5.74, 6) is 0. The van der Waals surface area contributed by atoms with Gasteiger partial charge in [-0.3, -0.25) is 5.43 Å². The minimum atomic E-state index is 0.482. The smallest absolute Gasteiger partial charge is 0.187 e. The van der Waals surface area contributed by atoms with Crippen molar-refractivity contribution < 1.29 is 0 Å². The number of thiocarbonyl (C=S) groups is 1. The molecular weight excluding hydrogens is 244 g/mol. The molecule has 0 aliphatic carbocycles. The lowest BCUT2D eigenvalue weighted by molar-refractivity contribution is 0.942. The fourth-order valence-electron chi connectivity index (χ4n) is 1.23. The molecule has 1 aromatic carbocycles. The van der Waals surface area contributed by atoms with Crippen molar-refractivity contribution in [3.8, 4) is 0 Å². The number of anilines is 1. The van der Waals surface area contributed by atoms with Crippen LogP contribution in [0.2, 0.25) is 0 Å². The Hall–Kier alpha value is -1.88. The van der Waals surface area contributed by atoms with E-state index in [0.29, 0.717) is 11.7 Å². The standard InChI is InChI=1S/C13H18N4S/c1-4-9-14-13(18)16-15-10-11-5-7-12(8-6-11)17(2)3/h4-8,10H,1,9H2,2-3H3,(H2,14,16,18). The van der Waals surface area contributed by atoms with Gasteiger partial charge in [0.1, 0.15) is 0 Å². The van der Waals surface area contributed by atoms with E-state index in [0.717, 1.165) is 11.3 Å². The maximum Gasteiger partial charge on any atom is 0.187 e. The fourth-order valence-corrected chi connectivity index (χ4v) is 1.36. The molecule has 0 fully saturated rings. The quantitative estimate of drug-likeness (QED) is 0.367. The molecule has 0 saturated heterocycles. The summed E-state index contributed by atoms with van der Waals surface area (Å²) < 4.78 is 0. The molecular formula is C13H18N4S. The van der Waals surface area contributed by atoms with Gasteiger partial charge in [-0.1, -0.05) is 18.2 Å². The monoisotopic (exact) mass is 262 g/mol. The van der Waals surface area contributed by atoms with Crippen LogP contribution in [-0.4, -0.2) is 32.0 Å². The van der Waals surface area contributed by atoms with Crippen molar-refractivity contribution in [2.24, 2.45) is 5.10 Å². The van der Waals surface area contributed by atoms with Crippen molar-refractivity contribution in [2.75, 3.05) is 25.5 Å². The Morgan fingerprint density at radius 1 is 1.39 bits per heavy atom. The van der Waals surface area contributed by atoms with E-state index in [1.807, 2.05) is 43.3 Å². The van der Waals surface area contributed by atoms with Crippen LogP contribution in [0, 0.1) is 0 Å². The molecule has 18 heavy (non-hydrogen) atoms. The SMILES string of the molecule is C=CCNC(=S)NN=Cc1ccc(N(C)C)cc1. The van der Waals surface area contributed by atoms with Crippen LogP contribution in [0.4, 0.5) is 5.69 Å². The average Bonchev–Trinajstić information content (AvgIpc) is 2.37.